The van der Waals surface area contributed by atoms with Crippen LogP contribution in [0.4, 0.5) is 26.2 Å². The molecule has 0 unspecified atom stereocenters. The van der Waals surface area contributed by atoms with Crippen molar-refractivity contribution >= 4 is 40.6 Å². The number of aryl methyl sites for hydroxylation is 1. The minimum Gasteiger partial charge on any atom is -0.308 e. The van der Waals surface area contributed by atoms with Crippen LogP contribution in [0.3, 0.4) is 0 Å². The lowest BCUT2D eigenvalue weighted by atomic mass is 10.1. The molecule has 1 aliphatic heterocycles. The molecule has 2 N–H and O–H groups in total. The molecule has 0 saturated carbocycles. The normalized spacial score (nSPS) is 12.4. The van der Waals surface area contributed by atoms with Gasteiger partial charge in [-0.3, -0.25) is 4.79 Å². The molecule has 0 fully saturated rings. The van der Waals surface area contributed by atoms with E-state index in [0.29, 0.717) is 23.5 Å². The number of rotatable bonds is 3. The minimum absolute atomic E-state index is 0.0729. The van der Waals surface area contributed by atoms with Crippen LogP contribution in [0, 0.1) is 12.7 Å². The molecule has 0 atom stereocenters. The Balaban J connectivity index is 1.49. The lowest BCUT2D eigenvalue weighted by Crippen LogP contribution is -2.29. The topological polar surface area (TPSA) is 61.4 Å². The molecule has 0 aliphatic carbocycles. The Morgan fingerprint density at radius 1 is 0.967 bits per heavy atom. The third-order valence-electron chi connectivity index (χ3n) is 4.96. The van der Waals surface area contributed by atoms with E-state index in [-0.39, 0.29) is 10.9 Å². The highest BCUT2D eigenvalue weighted by molar-refractivity contribution is 6.31. The van der Waals surface area contributed by atoms with E-state index in [0.717, 1.165) is 23.2 Å². The molecule has 152 valence electrons. The lowest BCUT2D eigenvalue weighted by Gasteiger charge is -2.18. The Morgan fingerprint density at radius 2 is 1.63 bits per heavy atom. The van der Waals surface area contributed by atoms with Gasteiger partial charge in [-0.2, -0.15) is 0 Å². The molecule has 5 nitrogen and oxygen atoms in total. The summed E-state index contributed by atoms with van der Waals surface area (Å²) in [6.07, 6.45) is 0.757. The number of carbonyl (C=O) groups is 2. The Bertz CT molecular complexity index is 1130. The number of amides is 3. The summed E-state index contributed by atoms with van der Waals surface area (Å²) in [6.45, 7) is 2.56. The first-order valence-corrected chi connectivity index (χ1v) is 9.83. The molecule has 30 heavy (non-hydrogen) atoms. The van der Waals surface area contributed by atoms with E-state index in [4.69, 9.17) is 11.6 Å². The zero-order valence-corrected chi connectivity index (χ0v) is 17.0. The van der Waals surface area contributed by atoms with E-state index in [1.165, 1.54) is 18.2 Å². The van der Waals surface area contributed by atoms with Crippen LogP contribution in [0.5, 0.6) is 0 Å². The van der Waals surface area contributed by atoms with Crippen molar-refractivity contribution in [3.8, 4) is 0 Å². The zero-order valence-electron chi connectivity index (χ0n) is 16.2. The molecular formula is C23H19ClFN3O2. The number of hydrogen-bond acceptors (Lipinski definition) is 2. The van der Waals surface area contributed by atoms with Gasteiger partial charge in [0.2, 0.25) is 0 Å². The number of anilines is 3. The predicted molar refractivity (Wildman–Crippen MR) is 117 cm³/mol. The van der Waals surface area contributed by atoms with Gasteiger partial charge in [-0.05, 0) is 61.4 Å². The first-order chi connectivity index (χ1) is 14.4. The van der Waals surface area contributed by atoms with Crippen molar-refractivity contribution in [2.24, 2.45) is 0 Å². The van der Waals surface area contributed by atoms with Crippen LogP contribution in [-0.4, -0.2) is 18.5 Å². The summed E-state index contributed by atoms with van der Waals surface area (Å²) >= 11 is 5.74. The number of nitrogens with one attached hydrogen (secondary N) is 2. The molecule has 1 heterocycles. The molecule has 3 amide bonds. The van der Waals surface area contributed by atoms with Crippen molar-refractivity contribution in [1.29, 1.82) is 0 Å². The van der Waals surface area contributed by atoms with Crippen LogP contribution in [0.1, 0.15) is 21.5 Å². The number of nitrogens with zero attached hydrogens (tertiary/aromatic N) is 1. The molecule has 0 spiro atoms. The average Bonchev–Trinajstić information content (AvgIpc) is 3.14. The first kappa shape index (κ1) is 19.9. The highest BCUT2D eigenvalue weighted by atomic mass is 35.5. The lowest BCUT2D eigenvalue weighted by molar-refractivity contribution is 0.0989. The highest BCUT2D eigenvalue weighted by Gasteiger charge is 2.26. The predicted octanol–water partition coefficient (Wildman–Crippen LogP) is 5.63. The number of hydrogen-bond donors (Lipinski definition) is 2. The number of halogens is 2. The SMILES string of the molecule is Cc1ccc(C(=O)N2CCc3ccc(NC(=O)Nc4ccc(F)c(Cl)c4)cc32)cc1. The van der Waals surface area contributed by atoms with Crippen LogP contribution < -0.4 is 15.5 Å². The van der Waals surface area contributed by atoms with Crippen molar-refractivity contribution in [3.05, 3.63) is 88.2 Å². The molecular weight excluding hydrogens is 405 g/mol. The van der Waals surface area contributed by atoms with Crippen LogP contribution in [0.25, 0.3) is 0 Å². The van der Waals surface area contributed by atoms with E-state index in [2.05, 4.69) is 10.6 Å². The Kier molecular flexibility index (Phi) is 5.42. The average molecular weight is 424 g/mol. The highest BCUT2D eigenvalue weighted by Crippen LogP contribution is 2.32. The van der Waals surface area contributed by atoms with Gasteiger partial charge in [0.1, 0.15) is 5.82 Å². The molecule has 0 radical (unpaired) electrons. The van der Waals surface area contributed by atoms with Gasteiger partial charge in [-0.25, -0.2) is 9.18 Å². The van der Waals surface area contributed by atoms with Gasteiger partial charge in [-0.1, -0.05) is 35.4 Å². The molecule has 3 aromatic rings. The van der Waals surface area contributed by atoms with Gasteiger partial charge < -0.3 is 15.5 Å². The fourth-order valence-corrected chi connectivity index (χ4v) is 3.57. The molecule has 0 aromatic heterocycles. The summed E-state index contributed by atoms with van der Waals surface area (Å²) in [6, 6.07) is 16.4. The molecule has 0 bridgehead atoms. The minimum atomic E-state index is -0.556. The van der Waals surface area contributed by atoms with Crippen LogP contribution in [-0.2, 0) is 6.42 Å². The van der Waals surface area contributed by atoms with E-state index in [1.54, 1.807) is 17.0 Å². The molecule has 7 heteroatoms. The molecule has 0 saturated heterocycles. The van der Waals surface area contributed by atoms with E-state index in [1.807, 2.05) is 37.3 Å². The maximum absolute atomic E-state index is 13.3. The molecule has 3 aromatic carbocycles. The van der Waals surface area contributed by atoms with Crippen molar-refractivity contribution < 1.29 is 14.0 Å². The maximum atomic E-state index is 13.3. The number of carbonyl (C=O) groups excluding carboxylic acids is 2. The second-order valence-corrected chi connectivity index (χ2v) is 7.53. The van der Waals surface area contributed by atoms with Crippen LogP contribution in [0.2, 0.25) is 5.02 Å². The van der Waals surface area contributed by atoms with Gasteiger partial charge >= 0.3 is 6.03 Å². The van der Waals surface area contributed by atoms with Gasteiger partial charge in [0.25, 0.3) is 5.91 Å². The summed E-state index contributed by atoms with van der Waals surface area (Å²) in [7, 11) is 0. The first-order valence-electron chi connectivity index (χ1n) is 9.45. The second kappa shape index (κ2) is 8.16. The van der Waals surface area contributed by atoms with Crippen molar-refractivity contribution in [2.45, 2.75) is 13.3 Å². The van der Waals surface area contributed by atoms with Gasteiger partial charge in [0.05, 0.1) is 5.02 Å². The summed E-state index contributed by atoms with van der Waals surface area (Å²) in [5.74, 6) is -0.629. The van der Waals surface area contributed by atoms with Crippen molar-refractivity contribution in [1.82, 2.24) is 0 Å². The summed E-state index contributed by atoms with van der Waals surface area (Å²) in [5.41, 5.74) is 4.46. The Morgan fingerprint density at radius 3 is 2.33 bits per heavy atom. The van der Waals surface area contributed by atoms with E-state index < -0.39 is 11.8 Å². The smallest absolute Gasteiger partial charge is 0.308 e. The van der Waals surface area contributed by atoms with Crippen molar-refractivity contribution in [2.75, 3.05) is 22.1 Å². The zero-order chi connectivity index (χ0) is 21.3. The van der Waals surface area contributed by atoms with Gasteiger partial charge in [0.15, 0.2) is 0 Å². The van der Waals surface area contributed by atoms with Crippen molar-refractivity contribution in [3.63, 3.8) is 0 Å². The maximum Gasteiger partial charge on any atom is 0.323 e. The molecule has 4 rings (SSSR count). The summed E-state index contributed by atoms with van der Waals surface area (Å²) < 4.78 is 13.3. The second-order valence-electron chi connectivity index (χ2n) is 7.12. The quantitative estimate of drug-likeness (QED) is 0.573. The van der Waals surface area contributed by atoms with Gasteiger partial charge in [0, 0.05) is 29.2 Å². The Labute approximate surface area is 178 Å². The van der Waals surface area contributed by atoms with E-state index >= 15 is 0 Å². The van der Waals surface area contributed by atoms with Crippen LogP contribution in [0.15, 0.2) is 60.7 Å². The van der Waals surface area contributed by atoms with E-state index in [9.17, 15) is 14.0 Å². The monoisotopic (exact) mass is 423 g/mol. The summed E-state index contributed by atoms with van der Waals surface area (Å²) in [4.78, 5) is 27.0. The summed E-state index contributed by atoms with van der Waals surface area (Å²) in [5, 5.41) is 5.27. The Hall–Kier alpha value is -3.38. The van der Waals surface area contributed by atoms with Crippen LogP contribution >= 0.6 is 11.6 Å². The number of urea groups is 1. The number of fused-ring (bicyclic) bond motifs is 1. The largest absolute Gasteiger partial charge is 0.323 e. The third-order valence-corrected chi connectivity index (χ3v) is 5.25. The third kappa shape index (κ3) is 4.14. The van der Waals surface area contributed by atoms with Gasteiger partial charge in [-0.15, -0.1) is 0 Å². The standard InChI is InChI=1S/C23H19ClFN3O2/c1-14-2-4-16(5-3-14)22(29)28-11-10-15-6-7-18(13-21(15)28)27-23(30)26-17-8-9-20(25)19(24)12-17/h2-9,12-13H,10-11H2,1H3,(H2,26,27,30). The number of benzene rings is 3. The fourth-order valence-electron chi connectivity index (χ4n) is 3.39. The fraction of sp³-hybridized carbons (Fsp3) is 0.130. The molecule has 1 aliphatic rings.